The molecule has 1 heterocycles. The van der Waals surface area contributed by atoms with E-state index in [2.05, 4.69) is 0 Å². The molecule has 134 valence electrons. The minimum atomic E-state index is -0.939. The summed E-state index contributed by atoms with van der Waals surface area (Å²) in [5, 5.41) is 22.4. The summed E-state index contributed by atoms with van der Waals surface area (Å²) in [7, 11) is 0. The molecule has 8 heteroatoms. The smallest absolute Gasteiger partial charge is 0.298 e. The van der Waals surface area contributed by atoms with Gasteiger partial charge >= 0.3 is 0 Å². The van der Waals surface area contributed by atoms with Gasteiger partial charge in [0.15, 0.2) is 0 Å². The van der Waals surface area contributed by atoms with Crippen LogP contribution in [-0.2, 0) is 16.0 Å². The first kappa shape index (κ1) is 18.0. The molecule has 1 aliphatic carbocycles. The van der Waals surface area contributed by atoms with Gasteiger partial charge < -0.3 is 14.9 Å². The van der Waals surface area contributed by atoms with Crippen LogP contribution in [0.1, 0.15) is 38.0 Å². The van der Waals surface area contributed by atoms with Crippen molar-refractivity contribution in [3.63, 3.8) is 0 Å². The summed E-state index contributed by atoms with van der Waals surface area (Å²) in [6.07, 6.45) is -0.240. The molecule has 0 fully saturated rings. The SMILES string of the molecule is CC(C)C1(C)Cc2cc(OC3=C(O)C(=O)NC3=O)c(Cl)c(Cl)c2C1O. The third kappa shape index (κ3) is 2.60. The average Bonchev–Trinajstić information content (AvgIpc) is 2.93. The summed E-state index contributed by atoms with van der Waals surface area (Å²) in [4.78, 5) is 23.0. The first-order chi connectivity index (χ1) is 11.6. The molecule has 2 aliphatic rings. The highest BCUT2D eigenvalue weighted by Crippen LogP contribution is 2.55. The van der Waals surface area contributed by atoms with Crippen LogP contribution in [0.15, 0.2) is 17.6 Å². The van der Waals surface area contributed by atoms with E-state index in [0.717, 1.165) is 5.56 Å². The summed E-state index contributed by atoms with van der Waals surface area (Å²) in [5.74, 6) is -2.93. The number of aliphatic hydroxyl groups is 2. The van der Waals surface area contributed by atoms with Crippen molar-refractivity contribution in [2.24, 2.45) is 11.3 Å². The topological polar surface area (TPSA) is 95.9 Å². The van der Waals surface area contributed by atoms with Crippen LogP contribution in [0.4, 0.5) is 0 Å². The lowest BCUT2D eigenvalue weighted by Gasteiger charge is -2.32. The van der Waals surface area contributed by atoms with Crippen molar-refractivity contribution in [2.75, 3.05) is 0 Å². The molecular weight excluding hydrogens is 369 g/mol. The van der Waals surface area contributed by atoms with Crippen LogP contribution in [-0.4, -0.2) is 22.0 Å². The molecule has 0 spiro atoms. The minimum Gasteiger partial charge on any atom is -0.500 e. The van der Waals surface area contributed by atoms with E-state index >= 15 is 0 Å². The number of aliphatic hydroxyl groups excluding tert-OH is 2. The first-order valence-corrected chi connectivity index (χ1v) is 8.49. The Balaban J connectivity index is 2.06. The Morgan fingerprint density at radius 2 is 1.92 bits per heavy atom. The zero-order valence-corrected chi connectivity index (χ0v) is 15.3. The van der Waals surface area contributed by atoms with E-state index in [0.29, 0.717) is 12.0 Å². The van der Waals surface area contributed by atoms with Crippen molar-refractivity contribution >= 4 is 35.0 Å². The molecule has 0 radical (unpaired) electrons. The number of hydrogen-bond donors (Lipinski definition) is 3. The minimum absolute atomic E-state index is 0.0000724. The van der Waals surface area contributed by atoms with Gasteiger partial charge in [0.1, 0.15) is 10.8 Å². The molecule has 2 unspecified atom stereocenters. The second-order valence-electron chi connectivity index (χ2n) is 6.88. The number of carbonyl (C=O) groups is 2. The van der Waals surface area contributed by atoms with Gasteiger partial charge in [-0.2, -0.15) is 0 Å². The van der Waals surface area contributed by atoms with Gasteiger partial charge in [0.2, 0.25) is 11.5 Å². The zero-order valence-electron chi connectivity index (χ0n) is 13.8. The van der Waals surface area contributed by atoms with Gasteiger partial charge in [-0.05, 0) is 24.0 Å². The van der Waals surface area contributed by atoms with E-state index in [1.165, 1.54) is 0 Å². The zero-order chi connectivity index (χ0) is 18.7. The number of nitrogens with one attached hydrogen (secondary N) is 1. The number of benzene rings is 1. The standard InChI is InChI=1S/C17H17Cl2NO5/c1-6(2)17(3)5-7-4-8(10(18)11(19)9(7)14(17)22)25-13-12(21)15(23)20-16(13)24/h4,6,14,22H,5H2,1-3H3,(H2,20,21,23,24). The fraction of sp³-hybridized carbons (Fsp3) is 0.412. The van der Waals surface area contributed by atoms with E-state index in [1.807, 2.05) is 26.1 Å². The number of amides is 2. The van der Waals surface area contributed by atoms with E-state index in [4.69, 9.17) is 27.9 Å². The van der Waals surface area contributed by atoms with Gasteiger partial charge in [-0.1, -0.05) is 44.0 Å². The quantitative estimate of drug-likeness (QED) is 0.694. The maximum atomic E-state index is 11.7. The summed E-state index contributed by atoms with van der Waals surface area (Å²) in [6.45, 7) is 5.99. The third-order valence-electron chi connectivity index (χ3n) is 5.16. The van der Waals surface area contributed by atoms with Crippen LogP contribution < -0.4 is 10.1 Å². The van der Waals surface area contributed by atoms with E-state index in [-0.39, 0.29) is 21.7 Å². The van der Waals surface area contributed by atoms with Crippen LogP contribution in [0, 0.1) is 11.3 Å². The molecular formula is C17H17Cl2NO5. The van der Waals surface area contributed by atoms with Crippen molar-refractivity contribution in [1.29, 1.82) is 0 Å². The number of imide groups is 1. The van der Waals surface area contributed by atoms with Crippen LogP contribution in [0.5, 0.6) is 5.75 Å². The van der Waals surface area contributed by atoms with Crippen LogP contribution in [0.2, 0.25) is 10.0 Å². The number of rotatable bonds is 3. The van der Waals surface area contributed by atoms with E-state index < -0.39 is 34.9 Å². The number of halogens is 2. The largest absolute Gasteiger partial charge is 0.500 e. The fourth-order valence-electron chi connectivity index (χ4n) is 3.17. The first-order valence-electron chi connectivity index (χ1n) is 7.73. The highest BCUT2D eigenvalue weighted by molar-refractivity contribution is 6.43. The number of hydrogen-bond acceptors (Lipinski definition) is 5. The average molecular weight is 386 g/mol. The Bertz CT molecular complexity index is 833. The van der Waals surface area contributed by atoms with Crippen molar-refractivity contribution in [3.8, 4) is 5.75 Å². The highest BCUT2D eigenvalue weighted by atomic mass is 35.5. The van der Waals surface area contributed by atoms with Crippen molar-refractivity contribution < 1.29 is 24.5 Å². The molecule has 25 heavy (non-hydrogen) atoms. The Morgan fingerprint density at radius 3 is 2.44 bits per heavy atom. The molecule has 0 saturated carbocycles. The number of carbonyl (C=O) groups excluding carboxylic acids is 2. The lowest BCUT2D eigenvalue weighted by Crippen LogP contribution is -2.28. The normalized spacial score (nSPS) is 25.6. The van der Waals surface area contributed by atoms with Crippen molar-refractivity contribution in [3.05, 3.63) is 38.8 Å². The van der Waals surface area contributed by atoms with Gasteiger partial charge in [-0.3, -0.25) is 14.9 Å². The van der Waals surface area contributed by atoms with Crippen molar-refractivity contribution in [1.82, 2.24) is 5.32 Å². The van der Waals surface area contributed by atoms with Gasteiger partial charge in [0.05, 0.1) is 11.1 Å². The lowest BCUT2D eigenvalue weighted by molar-refractivity contribution is -0.125. The molecule has 0 saturated heterocycles. The van der Waals surface area contributed by atoms with Crippen molar-refractivity contribution in [2.45, 2.75) is 33.3 Å². The number of ether oxygens (including phenoxy) is 1. The maximum Gasteiger partial charge on any atom is 0.298 e. The molecule has 3 rings (SSSR count). The van der Waals surface area contributed by atoms with E-state index in [9.17, 15) is 19.8 Å². The number of fused-ring (bicyclic) bond motifs is 1. The van der Waals surface area contributed by atoms with Gasteiger partial charge in [0, 0.05) is 11.0 Å². The van der Waals surface area contributed by atoms with Gasteiger partial charge in [-0.15, -0.1) is 0 Å². The predicted octanol–water partition coefficient (Wildman–Crippen LogP) is 3.05. The Hall–Kier alpha value is -1.76. The molecule has 2 amide bonds. The van der Waals surface area contributed by atoms with E-state index in [1.54, 1.807) is 6.07 Å². The Morgan fingerprint density at radius 1 is 1.28 bits per heavy atom. The molecule has 1 aromatic carbocycles. The molecule has 6 nitrogen and oxygen atoms in total. The Kier molecular flexibility index (Phi) is 4.26. The summed E-state index contributed by atoms with van der Waals surface area (Å²) < 4.78 is 5.37. The fourth-order valence-corrected chi connectivity index (χ4v) is 3.69. The maximum absolute atomic E-state index is 11.7. The van der Waals surface area contributed by atoms with Gasteiger partial charge in [-0.25, -0.2) is 0 Å². The Labute approximate surface area is 154 Å². The molecule has 0 aromatic heterocycles. The molecule has 0 bridgehead atoms. The summed E-state index contributed by atoms with van der Waals surface area (Å²) >= 11 is 12.6. The predicted molar refractivity (Wildman–Crippen MR) is 91.5 cm³/mol. The van der Waals surface area contributed by atoms with Crippen LogP contribution >= 0.6 is 23.2 Å². The second kappa shape index (κ2) is 5.90. The highest BCUT2D eigenvalue weighted by Gasteiger charge is 2.46. The second-order valence-corrected chi connectivity index (χ2v) is 7.63. The van der Waals surface area contributed by atoms with Gasteiger partial charge in [0.25, 0.3) is 11.8 Å². The molecule has 2 atom stereocenters. The summed E-state index contributed by atoms with van der Waals surface area (Å²) in [5.41, 5.74) is 0.869. The molecule has 1 aromatic rings. The summed E-state index contributed by atoms with van der Waals surface area (Å²) in [6, 6.07) is 1.58. The monoisotopic (exact) mass is 385 g/mol. The van der Waals surface area contributed by atoms with Crippen LogP contribution in [0.3, 0.4) is 0 Å². The lowest BCUT2D eigenvalue weighted by atomic mass is 9.75. The molecule has 3 N–H and O–H groups in total. The van der Waals surface area contributed by atoms with Crippen LogP contribution in [0.25, 0.3) is 0 Å². The third-order valence-corrected chi connectivity index (χ3v) is 6.03. The molecule has 1 aliphatic heterocycles.